The summed E-state index contributed by atoms with van der Waals surface area (Å²) in [4.78, 5) is 15.0. The predicted molar refractivity (Wildman–Crippen MR) is 103 cm³/mol. The zero-order valence-electron chi connectivity index (χ0n) is 15.2. The van der Waals surface area contributed by atoms with Crippen molar-refractivity contribution in [2.75, 3.05) is 39.3 Å². The second-order valence-electron chi connectivity index (χ2n) is 7.21. The van der Waals surface area contributed by atoms with Crippen molar-refractivity contribution in [1.29, 1.82) is 0 Å². The van der Waals surface area contributed by atoms with Crippen molar-refractivity contribution in [1.82, 2.24) is 20.4 Å². The maximum Gasteiger partial charge on any atom is 0.113 e. The number of nitrogens with zero attached hydrogens (tertiary/aromatic N) is 4. The Morgan fingerprint density at radius 3 is 1.76 bits per heavy atom. The Balaban J connectivity index is 1.71. The van der Waals surface area contributed by atoms with E-state index >= 15 is 0 Å². The van der Waals surface area contributed by atoms with E-state index in [1.165, 1.54) is 0 Å². The highest BCUT2D eigenvalue weighted by molar-refractivity contribution is 6.06. The zero-order valence-corrected chi connectivity index (χ0v) is 15.2. The highest BCUT2D eigenvalue weighted by atomic mass is 15.3. The van der Waals surface area contributed by atoms with Crippen LogP contribution in [-0.4, -0.2) is 72.8 Å². The topological polar surface area (TPSA) is 55.3 Å². The molecule has 3 aliphatic rings. The van der Waals surface area contributed by atoms with E-state index in [0.717, 1.165) is 68.7 Å². The van der Waals surface area contributed by atoms with E-state index in [1.54, 1.807) is 0 Å². The average Bonchev–Trinajstić information content (AvgIpc) is 2.82. The van der Waals surface area contributed by atoms with E-state index in [2.05, 4.69) is 58.5 Å². The van der Waals surface area contributed by atoms with Gasteiger partial charge in [-0.15, -0.1) is 0 Å². The van der Waals surface area contributed by atoms with Crippen molar-refractivity contribution >= 4 is 23.0 Å². The summed E-state index contributed by atoms with van der Waals surface area (Å²) in [7, 11) is 0. The second kappa shape index (κ2) is 7.14. The third-order valence-electron chi connectivity index (χ3n) is 5.36. The SMILES string of the molecule is CC1CNCCN1C1=Nc2ccccc2N=C(N2CCNCC2C)C1. The van der Waals surface area contributed by atoms with Gasteiger partial charge < -0.3 is 20.4 Å². The molecule has 0 aliphatic carbocycles. The second-order valence-corrected chi connectivity index (χ2v) is 7.21. The van der Waals surface area contributed by atoms with Crippen LogP contribution < -0.4 is 10.6 Å². The molecule has 0 spiro atoms. The number of amidine groups is 2. The van der Waals surface area contributed by atoms with Crippen molar-refractivity contribution in [3.8, 4) is 0 Å². The molecule has 2 N–H and O–H groups in total. The first-order valence-corrected chi connectivity index (χ1v) is 9.41. The van der Waals surface area contributed by atoms with Gasteiger partial charge in [-0.05, 0) is 26.0 Å². The van der Waals surface area contributed by atoms with Crippen LogP contribution >= 0.6 is 0 Å². The quantitative estimate of drug-likeness (QED) is 0.755. The molecule has 1 aromatic rings. The van der Waals surface area contributed by atoms with Crippen LogP contribution in [0.5, 0.6) is 0 Å². The van der Waals surface area contributed by atoms with E-state index in [4.69, 9.17) is 9.98 Å². The van der Waals surface area contributed by atoms with Gasteiger partial charge in [0.25, 0.3) is 0 Å². The maximum absolute atomic E-state index is 5.04. The molecule has 6 heteroatoms. The van der Waals surface area contributed by atoms with Crippen LogP contribution in [-0.2, 0) is 0 Å². The van der Waals surface area contributed by atoms with Crippen LogP contribution in [0.3, 0.4) is 0 Å². The molecule has 6 nitrogen and oxygen atoms in total. The van der Waals surface area contributed by atoms with Gasteiger partial charge in [0.2, 0.25) is 0 Å². The van der Waals surface area contributed by atoms with E-state index in [-0.39, 0.29) is 0 Å². The molecular weight excluding hydrogens is 312 g/mol. The lowest BCUT2D eigenvalue weighted by molar-refractivity contribution is 0.262. The summed E-state index contributed by atoms with van der Waals surface area (Å²) in [6, 6.07) is 9.18. The molecule has 4 rings (SSSR count). The van der Waals surface area contributed by atoms with Gasteiger partial charge in [-0.1, -0.05) is 12.1 Å². The fourth-order valence-electron chi connectivity index (χ4n) is 3.93. The molecule has 2 unspecified atom stereocenters. The van der Waals surface area contributed by atoms with Crippen molar-refractivity contribution < 1.29 is 0 Å². The molecule has 3 aliphatic heterocycles. The van der Waals surface area contributed by atoms with Crippen molar-refractivity contribution in [3.63, 3.8) is 0 Å². The molecule has 1 aromatic carbocycles. The minimum atomic E-state index is 0.458. The summed E-state index contributed by atoms with van der Waals surface area (Å²) < 4.78 is 0. The fourth-order valence-corrected chi connectivity index (χ4v) is 3.93. The first kappa shape index (κ1) is 16.5. The van der Waals surface area contributed by atoms with Crippen molar-refractivity contribution in [2.24, 2.45) is 9.98 Å². The zero-order chi connectivity index (χ0) is 17.2. The Morgan fingerprint density at radius 1 is 0.840 bits per heavy atom. The summed E-state index contributed by atoms with van der Waals surface area (Å²) >= 11 is 0. The van der Waals surface area contributed by atoms with Crippen LogP contribution in [0.2, 0.25) is 0 Å². The first-order chi connectivity index (χ1) is 12.2. The number of piperazine rings is 2. The Morgan fingerprint density at radius 2 is 1.32 bits per heavy atom. The van der Waals surface area contributed by atoms with Crippen molar-refractivity contribution in [2.45, 2.75) is 32.4 Å². The third kappa shape index (κ3) is 3.41. The molecule has 134 valence electrons. The Hall–Kier alpha value is -1.92. The number of aliphatic imine (C=N–C) groups is 2. The minimum absolute atomic E-state index is 0.458. The molecule has 0 aromatic heterocycles. The average molecular weight is 340 g/mol. The van der Waals surface area contributed by atoms with Crippen LogP contribution in [0, 0.1) is 0 Å². The van der Waals surface area contributed by atoms with Crippen LogP contribution in [0.1, 0.15) is 20.3 Å². The van der Waals surface area contributed by atoms with E-state index in [0.29, 0.717) is 12.1 Å². The summed E-state index contributed by atoms with van der Waals surface area (Å²) in [5.74, 6) is 2.31. The Bertz CT molecular complexity index is 625. The van der Waals surface area contributed by atoms with Gasteiger partial charge in [-0.2, -0.15) is 0 Å². The van der Waals surface area contributed by atoms with Gasteiger partial charge in [0.05, 0.1) is 17.8 Å². The van der Waals surface area contributed by atoms with Gasteiger partial charge in [-0.25, -0.2) is 9.98 Å². The smallest absolute Gasteiger partial charge is 0.113 e. The number of rotatable bonds is 0. The summed E-state index contributed by atoms with van der Waals surface area (Å²) in [5, 5.41) is 6.95. The third-order valence-corrected chi connectivity index (χ3v) is 5.36. The maximum atomic E-state index is 5.04. The standard InChI is InChI=1S/C19H28N6/c1-14-12-20-7-9-24(14)18-11-19(25-10-8-21-13-15(25)2)23-17-6-4-3-5-16(17)22-18/h3-6,14-15,20-21H,7-13H2,1-2H3. The highest BCUT2D eigenvalue weighted by Crippen LogP contribution is 2.32. The molecule has 0 saturated carbocycles. The molecule has 2 fully saturated rings. The molecule has 25 heavy (non-hydrogen) atoms. The van der Waals surface area contributed by atoms with Gasteiger partial charge in [-0.3, -0.25) is 0 Å². The number of hydrogen-bond acceptors (Lipinski definition) is 6. The molecule has 3 heterocycles. The molecule has 0 radical (unpaired) electrons. The highest BCUT2D eigenvalue weighted by Gasteiger charge is 2.28. The Labute approximate surface area is 150 Å². The monoisotopic (exact) mass is 340 g/mol. The minimum Gasteiger partial charge on any atom is -0.354 e. The van der Waals surface area contributed by atoms with Crippen LogP contribution in [0.25, 0.3) is 0 Å². The van der Waals surface area contributed by atoms with E-state index in [1.807, 2.05) is 0 Å². The summed E-state index contributed by atoms with van der Waals surface area (Å²) in [5.41, 5.74) is 1.97. The van der Waals surface area contributed by atoms with Gasteiger partial charge >= 0.3 is 0 Å². The molecule has 0 bridgehead atoms. The molecular formula is C19H28N6. The predicted octanol–water partition coefficient (Wildman–Crippen LogP) is 1.74. The van der Waals surface area contributed by atoms with Gasteiger partial charge in [0.1, 0.15) is 11.7 Å². The first-order valence-electron chi connectivity index (χ1n) is 9.41. The number of fused-ring (bicyclic) bond motifs is 1. The normalized spacial score (nSPS) is 27.3. The Kier molecular flexibility index (Phi) is 4.72. The largest absolute Gasteiger partial charge is 0.354 e. The summed E-state index contributed by atoms with van der Waals surface area (Å²) in [6.45, 7) is 10.6. The lowest BCUT2D eigenvalue weighted by atomic mass is 10.1. The fraction of sp³-hybridized carbons (Fsp3) is 0.579. The van der Waals surface area contributed by atoms with Gasteiger partial charge in [0.15, 0.2) is 0 Å². The van der Waals surface area contributed by atoms with Crippen LogP contribution in [0.4, 0.5) is 11.4 Å². The lowest BCUT2D eigenvalue weighted by Crippen LogP contribution is -2.55. The van der Waals surface area contributed by atoms with Crippen LogP contribution in [0.15, 0.2) is 34.3 Å². The van der Waals surface area contributed by atoms with E-state index in [9.17, 15) is 0 Å². The van der Waals surface area contributed by atoms with E-state index < -0.39 is 0 Å². The van der Waals surface area contributed by atoms with Gasteiger partial charge in [0, 0.05) is 51.4 Å². The molecule has 2 saturated heterocycles. The molecule has 0 amide bonds. The summed E-state index contributed by atoms with van der Waals surface area (Å²) in [6.07, 6.45) is 0.809. The molecule has 2 atom stereocenters. The number of nitrogens with one attached hydrogen (secondary N) is 2. The number of para-hydroxylation sites is 2. The van der Waals surface area contributed by atoms with Crippen molar-refractivity contribution in [3.05, 3.63) is 24.3 Å². The lowest BCUT2D eigenvalue weighted by Gasteiger charge is -2.39. The number of hydrogen-bond donors (Lipinski definition) is 2. The number of benzene rings is 1.